The first-order valence-corrected chi connectivity index (χ1v) is 4.60. The van der Waals surface area contributed by atoms with Gasteiger partial charge >= 0.3 is 5.97 Å². The number of alkyl halides is 1. The molecule has 0 aliphatic carbocycles. The number of ether oxygens (including phenoxy) is 1. The number of hydrogen-bond acceptors (Lipinski definition) is 2. The predicted octanol–water partition coefficient (Wildman–Crippen LogP) is 2.31. The molecule has 1 aromatic carbocycles. The van der Waals surface area contributed by atoms with Crippen molar-refractivity contribution in [1.29, 1.82) is 0 Å². The van der Waals surface area contributed by atoms with Gasteiger partial charge in [-0.25, -0.2) is 4.79 Å². The van der Waals surface area contributed by atoms with Gasteiger partial charge in [-0.3, -0.25) is 0 Å². The van der Waals surface area contributed by atoms with Gasteiger partial charge in [0.2, 0.25) is 0 Å². The summed E-state index contributed by atoms with van der Waals surface area (Å²) in [5.74, 6) is 0.00852. The van der Waals surface area contributed by atoms with E-state index in [0.717, 1.165) is 5.56 Å². The van der Waals surface area contributed by atoms with Crippen LogP contribution in [0.2, 0.25) is 0 Å². The Morgan fingerprint density at radius 1 is 1.46 bits per heavy atom. The standard InChI is InChI=1S/C10H9ClO2/c1-10(6-11)8-5-3-2-4-7(8)9(12)13-10/h2-5H,6H2,1H3/t10-/m1/s1. The summed E-state index contributed by atoms with van der Waals surface area (Å²) in [6, 6.07) is 7.34. The Morgan fingerprint density at radius 3 is 2.85 bits per heavy atom. The molecule has 13 heavy (non-hydrogen) atoms. The molecular weight excluding hydrogens is 188 g/mol. The number of halogens is 1. The lowest BCUT2D eigenvalue weighted by atomic mass is 9.96. The second-order valence-electron chi connectivity index (χ2n) is 3.30. The minimum atomic E-state index is -0.644. The third-order valence-electron chi connectivity index (χ3n) is 2.29. The van der Waals surface area contributed by atoms with Crippen LogP contribution in [0.5, 0.6) is 0 Å². The van der Waals surface area contributed by atoms with Gasteiger partial charge in [-0.05, 0) is 13.0 Å². The monoisotopic (exact) mass is 196 g/mol. The third kappa shape index (κ3) is 1.13. The van der Waals surface area contributed by atoms with E-state index >= 15 is 0 Å². The Hall–Kier alpha value is -1.02. The van der Waals surface area contributed by atoms with Crippen LogP contribution in [0.15, 0.2) is 24.3 Å². The van der Waals surface area contributed by atoms with Gasteiger partial charge in [0.25, 0.3) is 0 Å². The summed E-state index contributed by atoms with van der Waals surface area (Å²) >= 11 is 5.76. The Labute approximate surface area is 81.5 Å². The van der Waals surface area contributed by atoms with Crippen LogP contribution in [0, 0.1) is 0 Å². The maximum Gasteiger partial charge on any atom is 0.339 e. The second-order valence-corrected chi connectivity index (χ2v) is 3.57. The zero-order valence-electron chi connectivity index (χ0n) is 7.21. The normalized spacial score (nSPS) is 25.5. The fourth-order valence-corrected chi connectivity index (χ4v) is 1.73. The van der Waals surface area contributed by atoms with Gasteiger partial charge in [0.05, 0.1) is 11.4 Å². The van der Waals surface area contributed by atoms with E-state index in [1.807, 2.05) is 25.1 Å². The summed E-state index contributed by atoms with van der Waals surface area (Å²) in [4.78, 5) is 11.4. The maximum absolute atomic E-state index is 11.4. The van der Waals surface area contributed by atoms with Crippen LogP contribution in [0.25, 0.3) is 0 Å². The molecule has 0 aromatic heterocycles. The minimum Gasteiger partial charge on any atom is -0.450 e. The average Bonchev–Trinajstić information content (AvgIpc) is 2.42. The van der Waals surface area contributed by atoms with E-state index in [9.17, 15) is 4.79 Å². The molecule has 1 heterocycles. The summed E-state index contributed by atoms with van der Waals surface area (Å²) in [5.41, 5.74) is 0.871. The Balaban J connectivity index is 2.59. The highest BCUT2D eigenvalue weighted by Gasteiger charge is 2.40. The molecule has 1 aromatic rings. The smallest absolute Gasteiger partial charge is 0.339 e. The Kier molecular flexibility index (Phi) is 1.81. The lowest BCUT2D eigenvalue weighted by molar-refractivity contribution is 0.0110. The number of hydrogen-bond donors (Lipinski definition) is 0. The number of cyclic esters (lactones) is 1. The van der Waals surface area contributed by atoms with Crippen molar-refractivity contribution in [1.82, 2.24) is 0 Å². The summed E-state index contributed by atoms with van der Waals surface area (Å²) in [6.07, 6.45) is 0. The van der Waals surface area contributed by atoms with Crippen molar-refractivity contribution in [3.8, 4) is 0 Å². The highest BCUT2D eigenvalue weighted by molar-refractivity contribution is 6.19. The molecule has 0 bridgehead atoms. The number of rotatable bonds is 1. The van der Waals surface area contributed by atoms with E-state index in [4.69, 9.17) is 16.3 Å². The van der Waals surface area contributed by atoms with E-state index in [0.29, 0.717) is 5.56 Å². The third-order valence-corrected chi connectivity index (χ3v) is 2.80. The summed E-state index contributed by atoms with van der Waals surface area (Å²) in [6.45, 7) is 1.82. The van der Waals surface area contributed by atoms with E-state index in [-0.39, 0.29) is 11.8 Å². The lowest BCUT2D eigenvalue weighted by Crippen LogP contribution is -2.23. The molecule has 1 atom stereocenters. The number of esters is 1. The van der Waals surface area contributed by atoms with Crippen molar-refractivity contribution >= 4 is 17.6 Å². The fraction of sp³-hybridized carbons (Fsp3) is 0.300. The Bertz CT molecular complexity index is 362. The molecule has 2 rings (SSSR count). The lowest BCUT2D eigenvalue weighted by Gasteiger charge is -2.20. The van der Waals surface area contributed by atoms with Crippen LogP contribution in [-0.4, -0.2) is 11.8 Å². The molecule has 0 unspecified atom stereocenters. The van der Waals surface area contributed by atoms with Crippen LogP contribution in [0.4, 0.5) is 0 Å². The molecule has 68 valence electrons. The van der Waals surface area contributed by atoms with Gasteiger partial charge in [0.15, 0.2) is 0 Å². The number of fused-ring (bicyclic) bond motifs is 1. The zero-order chi connectivity index (χ0) is 9.47. The zero-order valence-corrected chi connectivity index (χ0v) is 7.97. The molecule has 0 saturated carbocycles. The molecule has 0 fully saturated rings. The van der Waals surface area contributed by atoms with Crippen molar-refractivity contribution in [3.05, 3.63) is 35.4 Å². The molecule has 3 heteroatoms. The summed E-state index contributed by atoms with van der Waals surface area (Å²) in [5, 5.41) is 0. The first kappa shape index (κ1) is 8.57. The molecule has 0 N–H and O–H groups in total. The van der Waals surface area contributed by atoms with Crippen LogP contribution in [0.1, 0.15) is 22.8 Å². The Morgan fingerprint density at radius 2 is 2.15 bits per heavy atom. The molecule has 0 amide bonds. The first-order valence-electron chi connectivity index (χ1n) is 4.06. The molecule has 1 aliphatic heterocycles. The van der Waals surface area contributed by atoms with Crippen LogP contribution in [-0.2, 0) is 10.3 Å². The molecular formula is C10H9ClO2. The van der Waals surface area contributed by atoms with Gasteiger partial charge in [-0.15, -0.1) is 11.6 Å². The largest absolute Gasteiger partial charge is 0.450 e. The molecule has 0 spiro atoms. The number of carbonyl (C=O) groups is 1. The highest BCUT2D eigenvalue weighted by Crippen LogP contribution is 2.36. The van der Waals surface area contributed by atoms with Crippen LogP contribution >= 0.6 is 11.6 Å². The van der Waals surface area contributed by atoms with Crippen molar-refractivity contribution < 1.29 is 9.53 Å². The van der Waals surface area contributed by atoms with E-state index in [2.05, 4.69) is 0 Å². The first-order chi connectivity index (χ1) is 6.17. The molecule has 0 radical (unpaired) electrons. The van der Waals surface area contributed by atoms with Crippen molar-refractivity contribution in [2.45, 2.75) is 12.5 Å². The topological polar surface area (TPSA) is 26.3 Å². The summed E-state index contributed by atoms with van der Waals surface area (Å²) in [7, 11) is 0. The van der Waals surface area contributed by atoms with Crippen LogP contribution < -0.4 is 0 Å². The fourth-order valence-electron chi connectivity index (χ4n) is 1.54. The van der Waals surface area contributed by atoms with E-state index < -0.39 is 5.60 Å². The van der Waals surface area contributed by atoms with Gasteiger partial charge < -0.3 is 4.74 Å². The van der Waals surface area contributed by atoms with Crippen molar-refractivity contribution in [2.24, 2.45) is 0 Å². The highest BCUT2D eigenvalue weighted by atomic mass is 35.5. The van der Waals surface area contributed by atoms with E-state index in [1.165, 1.54) is 0 Å². The minimum absolute atomic E-state index is 0.279. The molecule has 0 saturated heterocycles. The maximum atomic E-state index is 11.4. The van der Waals surface area contributed by atoms with Crippen molar-refractivity contribution in [2.75, 3.05) is 5.88 Å². The molecule has 2 nitrogen and oxygen atoms in total. The number of benzene rings is 1. The van der Waals surface area contributed by atoms with Crippen LogP contribution in [0.3, 0.4) is 0 Å². The van der Waals surface area contributed by atoms with Gasteiger partial charge in [0, 0.05) is 5.56 Å². The van der Waals surface area contributed by atoms with Crippen molar-refractivity contribution in [3.63, 3.8) is 0 Å². The second kappa shape index (κ2) is 2.74. The SMILES string of the molecule is C[C@]1(CCl)OC(=O)c2ccccc21. The van der Waals surface area contributed by atoms with E-state index in [1.54, 1.807) is 6.07 Å². The summed E-state index contributed by atoms with van der Waals surface area (Å²) < 4.78 is 5.20. The quantitative estimate of drug-likeness (QED) is 0.509. The average molecular weight is 197 g/mol. The van der Waals surface area contributed by atoms with Gasteiger partial charge in [0.1, 0.15) is 5.60 Å². The number of carbonyl (C=O) groups excluding carboxylic acids is 1. The van der Waals surface area contributed by atoms with Gasteiger partial charge in [-0.2, -0.15) is 0 Å². The molecule has 1 aliphatic rings. The van der Waals surface area contributed by atoms with Gasteiger partial charge in [-0.1, -0.05) is 18.2 Å². The predicted molar refractivity (Wildman–Crippen MR) is 49.9 cm³/mol.